The zero-order valence-corrected chi connectivity index (χ0v) is 23.3. The van der Waals surface area contributed by atoms with Crippen LogP contribution < -0.4 is 5.32 Å². The molecule has 11 heteroatoms. The number of nitrogens with one attached hydrogen (secondary N) is 1. The van der Waals surface area contributed by atoms with Crippen LogP contribution in [0.25, 0.3) is 0 Å². The van der Waals surface area contributed by atoms with E-state index in [1.165, 1.54) is 30.2 Å². The molecular formula is C30H33F3N2O6. The van der Waals surface area contributed by atoms with Crippen LogP contribution in [0.1, 0.15) is 62.3 Å². The number of amides is 1. The Labute approximate surface area is 236 Å². The standard InChI is InChI=1S/C30H33F3N2O6/c1-5-40-29(38)27-23(16-17-24(35(18-36)41-6-2)20-12-8-7-9-13-20)34-19(3)25(28(37)39-4)26(27)21-14-10-11-15-22(21)30(31,32)33/h7-15,18,24,26,34H,5-6,16-17H2,1-4H3. The van der Waals surface area contributed by atoms with Crippen molar-refractivity contribution in [1.29, 1.82) is 0 Å². The number of dihydropyridines is 1. The van der Waals surface area contributed by atoms with Gasteiger partial charge in [-0.1, -0.05) is 48.5 Å². The lowest BCUT2D eigenvalue weighted by Gasteiger charge is -2.34. The SMILES string of the molecule is CCOC(=O)C1=C(CCC(c2ccccc2)N(C=O)OCC)NC(C)=C(C(=O)OC)C1c1ccccc1C(F)(F)F. The van der Waals surface area contributed by atoms with Crippen LogP contribution in [0.4, 0.5) is 13.2 Å². The first-order chi connectivity index (χ1) is 19.6. The van der Waals surface area contributed by atoms with E-state index in [1.54, 1.807) is 26.0 Å². The lowest BCUT2D eigenvalue weighted by molar-refractivity contribution is -0.186. The molecule has 1 aliphatic rings. The predicted octanol–water partition coefficient (Wildman–Crippen LogP) is 5.59. The molecule has 2 atom stereocenters. The number of hydrogen-bond donors (Lipinski definition) is 1. The van der Waals surface area contributed by atoms with E-state index in [0.29, 0.717) is 6.41 Å². The van der Waals surface area contributed by atoms with Gasteiger partial charge in [0.2, 0.25) is 6.41 Å². The molecule has 0 saturated carbocycles. The van der Waals surface area contributed by atoms with Crippen molar-refractivity contribution in [2.75, 3.05) is 20.3 Å². The second-order valence-electron chi connectivity index (χ2n) is 9.13. The monoisotopic (exact) mass is 574 g/mol. The number of esters is 2. The molecule has 0 spiro atoms. The van der Waals surface area contributed by atoms with E-state index in [2.05, 4.69) is 5.32 Å². The van der Waals surface area contributed by atoms with Crippen LogP contribution in [0.3, 0.4) is 0 Å². The Balaban J connectivity index is 2.22. The minimum atomic E-state index is -4.77. The molecule has 0 radical (unpaired) electrons. The smallest absolute Gasteiger partial charge is 0.416 e. The Bertz CT molecular complexity index is 1310. The third-order valence-corrected chi connectivity index (χ3v) is 6.66. The molecule has 1 N–H and O–H groups in total. The number of benzene rings is 2. The molecule has 0 aliphatic carbocycles. The zero-order chi connectivity index (χ0) is 30.2. The van der Waals surface area contributed by atoms with Crippen molar-refractivity contribution in [3.05, 3.63) is 93.8 Å². The van der Waals surface area contributed by atoms with Crippen molar-refractivity contribution < 1.29 is 41.9 Å². The third kappa shape index (κ3) is 7.15. The average molecular weight is 575 g/mol. The molecule has 0 fully saturated rings. The molecule has 41 heavy (non-hydrogen) atoms. The highest BCUT2D eigenvalue weighted by molar-refractivity contribution is 6.00. The van der Waals surface area contributed by atoms with Gasteiger partial charge in [-0.3, -0.25) is 9.63 Å². The topological polar surface area (TPSA) is 94.2 Å². The van der Waals surface area contributed by atoms with E-state index < -0.39 is 35.6 Å². The van der Waals surface area contributed by atoms with E-state index in [1.807, 2.05) is 18.2 Å². The highest BCUT2D eigenvalue weighted by atomic mass is 19.4. The fourth-order valence-corrected chi connectivity index (χ4v) is 4.98. The van der Waals surface area contributed by atoms with Gasteiger partial charge in [-0.25, -0.2) is 14.7 Å². The maximum absolute atomic E-state index is 14.2. The van der Waals surface area contributed by atoms with Crippen LogP contribution in [0, 0.1) is 0 Å². The summed E-state index contributed by atoms with van der Waals surface area (Å²) in [6.45, 7) is 5.01. The summed E-state index contributed by atoms with van der Waals surface area (Å²) < 4.78 is 52.8. The molecule has 3 rings (SSSR count). The largest absolute Gasteiger partial charge is 0.466 e. The van der Waals surface area contributed by atoms with Gasteiger partial charge in [0.1, 0.15) is 0 Å². The van der Waals surface area contributed by atoms with Gasteiger partial charge in [0.25, 0.3) is 0 Å². The maximum atomic E-state index is 14.2. The molecule has 0 aromatic heterocycles. The van der Waals surface area contributed by atoms with E-state index in [-0.39, 0.29) is 54.2 Å². The minimum absolute atomic E-state index is 0.0462. The molecule has 2 unspecified atom stereocenters. The first kappa shape index (κ1) is 31.4. The number of carbonyl (C=O) groups excluding carboxylic acids is 3. The first-order valence-corrected chi connectivity index (χ1v) is 13.1. The number of alkyl halides is 3. The molecule has 1 aliphatic heterocycles. The maximum Gasteiger partial charge on any atom is 0.416 e. The summed E-state index contributed by atoms with van der Waals surface area (Å²) in [5, 5.41) is 4.22. The van der Waals surface area contributed by atoms with Gasteiger partial charge in [0.05, 0.1) is 49.0 Å². The number of hydroxylamine groups is 2. The van der Waals surface area contributed by atoms with Gasteiger partial charge >= 0.3 is 18.1 Å². The van der Waals surface area contributed by atoms with Crippen molar-refractivity contribution in [2.24, 2.45) is 0 Å². The molecular weight excluding hydrogens is 541 g/mol. The third-order valence-electron chi connectivity index (χ3n) is 6.66. The molecule has 2 aromatic carbocycles. The molecule has 0 bridgehead atoms. The Morgan fingerprint density at radius 1 is 1.00 bits per heavy atom. The second-order valence-corrected chi connectivity index (χ2v) is 9.13. The number of hydrogen-bond acceptors (Lipinski definition) is 7. The number of nitrogens with zero attached hydrogens (tertiary/aromatic N) is 1. The highest BCUT2D eigenvalue weighted by Gasteiger charge is 2.43. The van der Waals surface area contributed by atoms with Gasteiger partial charge in [-0.2, -0.15) is 13.2 Å². The summed E-state index contributed by atoms with van der Waals surface area (Å²) in [4.78, 5) is 43.9. The number of rotatable bonds is 12. The quantitative estimate of drug-likeness (QED) is 0.201. The fourth-order valence-electron chi connectivity index (χ4n) is 4.98. The lowest BCUT2D eigenvalue weighted by Crippen LogP contribution is -2.35. The normalized spacial score (nSPS) is 16.1. The molecule has 2 aromatic rings. The number of halogens is 3. The fraction of sp³-hybridized carbons (Fsp3) is 0.367. The van der Waals surface area contributed by atoms with E-state index in [9.17, 15) is 27.6 Å². The molecule has 1 heterocycles. The Kier molecular flexibility index (Phi) is 10.7. The summed E-state index contributed by atoms with van der Waals surface area (Å²) in [5.41, 5.74) is -0.314. The zero-order valence-electron chi connectivity index (χ0n) is 23.3. The number of methoxy groups -OCH3 is 1. The molecule has 0 saturated heterocycles. The van der Waals surface area contributed by atoms with Gasteiger partial charge in [-0.05, 0) is 50.8 Å². The molecule has 1 amide bonds. The molecule has 8 nitrogen and oxygen atoms in total. The Morgan fingerprint density at radius 3 is 2.24 bits per heavy atom. The van der Waals surface area contributed by atoms with Crippen molar-refractivity contribution in [2.45, 2.75) is 51.7 Å². The summed E-state index contributed by atoms with van der Waals surface area (Å²) in [6.07, 6.45) is -3.89. The summed E-state index contributed by atoms with van der Waals surface area (Å²) >= 11 is 0. The van der Waals surface area contributed by atoms with Gasteiger partial charge in [0.15, 0.2) is 0 Å². The first-order valence-electron chi connectivity index (χ1n) is 13.1. The van der Waals surface area contributed by atoms with Gasteiger partial charge in [0, 0.05) is 11.4 Å². The number of ether oxygens (including phenoxy) is 2. The predicted molar refractivity (Wildman–Crippen MR) is 144 cm³/mol. The van der Waals surface area contributed by atoms with Crippen molar-refractivity contribution in [1.82, 2.24) is 10.4 Å². The van der Waals surface area contributed by atoms with Crippen molar-refractivity contribution in [3.63, 3.8) is 0 Å². The molecule has 220 valence electrons. The Hall–Kier alpha value is -4.12. The van der Waals surface area contributed by atoms with Crippen molar-refractivity contribution >= 4 is 18.3 Å². The van der Waals surface area contributed by atoms with Crippen LogP contribution >= 0.6 is 0 Å². The van der Waals surface area contributed by atoms with Gasteiger partial charge in [-0.15, -0.1) is 0 Å². The number of allylic oxidation sites excluding steroid dienone is 2. The van der Waals surface area contributed by atoms with E-state index >= 15 is 0 Å². The lowest BCUT2D eigenvalue weighted by atomic mass is 9.77. The van der Waals surface area contributed by atoms with Crippen molar-refractivity contribution in [3.8, 4) is 0 Å². The second kappa shape index (κ2) is 14.0. The number of carbonyl (C=O) groups is 3. The summed E-state index contributed by atoms with van der Waals surface area (Å²) in [5.74, 6) is -3.19. The van der Waals surface area contributed by atoms with Crippen LogP contribution in [-0.4, -0.2) is 43.7 Å². The minimum Gasteiger partial charge on any atom is -0.466 e. The Morgan fingerprint density at radius 2 is 1.66 bits per heavy atom. The van der Waals surface area contributed by atoms with E-state index in [4.69, 9.17) is 14.3 Å². The van der Waals surface area contributed by atoms with E-state index in [0.717, 1.165) is 18.7 Å². The average Bonchev–Trinajstić information content (AvgIpc) is 2.96. The summed E-state index contributed by atoms with van der Waals surface area (Å²) in [6, 6.07) is 13.3. The van der Waals surface area contributed by atoms with Crippen LogP contribution in [0.5, 0.6) is 0 Å². The summed E-state index contributed by atoms with van der Waals surface area (Å²) in [7, 11) is 1.12. The van der Waals surface area contributed by atoms with Crippen LogP contribution in [0.2, 0.25) is 0 Å². The van der Waals surface area contributed by atoms with Crippen LogP contribution in [-0.2, 0) is 34.9 Å². The highest BCUT2D eigenvalue weighted by Crippen LogP contribution is 2.45. The van der Waals surface area contributed by atoms with Crippen LogP contribution in [0.15, 0.2) is 77.1 Å². The van der Waals surface area contributed by atoms with Gasteiger partial charge < -0.3 is 14.8 Å².